The minimum atomic E-state index is 0. The van der Waals surface area contributed by atoms with Crippen LogP contribution in [0.15, 0.2) is 0 Å². The second kappa shape index (κ2) is 24.0. The van der Waals surface area contributed by atoms with Crippen LogP contribution in [0.4, 0.5) is 0 Å². The van der Waals surface area contributed by atoms with Gasteiger partial charge in [0.15, 0.2) is 0 Å². The summed E-state index contributed by atoms with van der Waals surface area (Å²) in [4.78, 5) is 0. The second-order valence-electron chi connectivity index (χ2n) is 5.15. The van der Waals surface area contributed by atoms with Gasteiger partial charge in [-0.25, -0.2) is 0 Å². The maximum absolute atomic E-state index is 2.29. The van der Waals surface area contributed by atoms with Crippen molar-refractivity contribution in [1.82, 2.24) is 0 Å². The summed E-state index contributed by atoms with van der Waals surface area (Å²) < 4.78 is 0. The third kappa shape index (κ3) is 24.3. The molecule has 0 fully saturated rings. The van der Waals surface area contributed by atoms with Crippen molar-refractivity contribution in [2.75, 3.05) is 11.5 Å². The highest BCUT2D eigenvalue weighted by atomic mass is 35.5. The average molecular weight is 331 g/mol. The Morgan fingerprint density at radius 3 is 1.16 bits per heavy atom. The fourth-order valence-corrected chi connectivity index (χ4v) is 3.09. The van der Waals surface area contributed by atoms with Crippen LogP contribution in [0.5, 0.6) is 0 Å². The molecule has 0 radical (unpaired) electrons. The number of thioether (sulfide) groups is 1. The predicted molar refractivity (Wildman–Crippen MR) is 98.6 cm³/mol. The molecule has 0 nitrogen and oxygen atoms in total. The van der Waals surface area contributed by atoms with Gasteiger partial charge < -0.3 is 0 Å². The van der Waals surface area contributed by atoms with E-state index in [9.17, 15) is 0 Å². The van der Waals surface area contributed by atoms with Crippen LogP contribution < -0.4 is 0 Å². The maximum Gasteiger partial charge on any atom is -0.00675 e. The molecule has 0 saturated carbocycles. The standard InChI is InChI=1S/C16H34S.2ClH/c1-3-5-7-9-11-13-15-17-16-14-12-10-8-6-4-2;;/h3-16H2,1-2H3;2*1H. The zero-order valence-corrected chi connectivity index (χ0v) is 15.6. The van der Waals surface area contributed by atoms with Crippen molar-refractivity contribution in [2.45, 2.75) is 90.9 Å². The van der Waals surface area contributed by atoms with Gasteiger partial charge >= 0.3 is 0 Å². The molecule has 0 heterocycles. The summed E-state index contributed by atoms with van der Waals surface area (Å²) in [5.74, 6) is 2.81. The molecule has 0 amide bonds. The first kappa shape index (κ1) is 24.9. The molecule has 0 rings (SSSR count). The number of hydrogen-bond acceptors (Lipinski definition) is 1. The lowest BCUT2D eigenvalue weighted by molar-refractivity contribution is 0.624. The third-order valence-electron chi connectivity index (χ3n) is 3.28. The van der Waals surface area contributed by atoms with Gasteiger partial charge in [0.05, 0.1) is 0 Å². The lowest BCUT2D eigenvalue weighted by atomic mass is 10.1. The normalized spacial score (nSPS) is 9.79. The summed E-state index contributed by atoms with van der Waals surface area (Å²) in [6.45, 7) is 4.58. The van der Waals surface area contributed by atoms with Gasteiger partial charge in [0, 0.05) is 0 Å². The molecule has 0 N–H and O–H groups in total. The number of unbranched alkanes of at least 4 members (excludes halogenated alkanes) is 10. The molecule has 19 heavy (non-hydrogen) atoms. The van der Waals surface area contributed by atoms with Crippen molar-refractivity contribution in [3.8, 4) is 0 Å². The molecule has 0 unspecified atom stereocenters. The van der Waals surface area contributed by atoms with E-state index in [0.717, 1.165) is 0 Å². The molecular formula is C16H36Cl2S. The number of rotatable bonds is 14. The summed E-state index contributed by atoms with van der Waals surface area (Å²) in [5, 5.41) is 0. The van der Waals surface area contributed by atoms with Gasteiger partial charge in [-0.2, -0.15) is 11.8 Å². The van der Waals surface area contributed by atoms with E-state index in [1.165, 1.54) is 88.6 Å². The molecule has 0 atom stereocenters. The molecule has 0 saturated heterocycles. The Kier molecular flexibility index (Phi) is 31.5. The van der Waals surface area contributed by atoms with E-state index in [0.29, 0.717) is 0 Å². The smallest absolute Gasteiger partial charge is 0.00675 e. The number of halogens is 2. The van der Waals surface area contributed by atoms with Crippen LogP contribution in [0.3, 0.4) is 0 Å². The molecule has 0 aliphatic rings. The Hall–Kier alpha value is 0.930. The molecule has 3 heteroatoms. The van der Waals surface area contributed by atoms with E-state index in [4.69, 9.17) is 0 Å². The first-order valence-electron chi connectivity index (χ1n) is 7.99. The van der Waals surface area contributed by atoms with Gasteiger partial charge in [0.1, 0.15) is 0 Å². The predicted octanol–water partition coefficient (Wildman–Crippen LogP) is 7.28. The van der Waals surface area contributed by atoms with Crippen LogP contribution in [-0.4, -0.2) is 11.5 Å². The molecule has 0 aromatic rings. The lowest BCUT2D eigenvalue weighted by Crippen LogP contribution is -1.86. The first-order chi connectivity index (χ1) is 8.41. The minimum Gasteiger partial charge on any atom is -0.162 e. The highest BCUT2D eigenvalue weighted by Gasteiger charge is 1.93. The van der Waals surface area contributed by atoms with Crippen molar-refractivity contribution in [3.63, 3.8) is 0 Å². The van der Waals surface area contributed by atoms with Crippen molar-refractivity contribution in [2.24, 2.45) is 0 Å². The highest BCUT2D eigenvalue weighted by Crippen LogP contribution is 2.13. The van der Waals surface area contributed by atoms with Gasteiger partial charge in [-0.1, -0.05) is 78.1 Å². The Balaban J connectivity index is -0.00000128. The Morgan fingerprint density at radius 2 is 0.789 bits per heavy atom. The molecule has 0 aromatic carbocycles. The summed E-state index contributed by atoms with van der Waals surface area (Å²) in [7, 11) is 0. The van der Waals surface area contributed by atoms with E-state index in [1.807, 2.05) is 0 Å². The first-order valence-corrected chi connectivity index (χ1v) is 9.15. The zero-order chi connectivity index (χ0) is 12.6. The topological polar surface area (TPSA) is 0 Å². The van der Waals surface area contributed by atoms with E-state index in [1.54, 1.807) is 0 Å². The van der Waals surface area contributed by atoms with Crippen LogP contribution in [0.1, 0.15) is 90.9 Å². The van der Waals surface area contributed by atoms with E-state index < -0.39 is 0 Å². The summed E-state index contributed by atoms with van der Waals surface area (Å²) in [6.07, 6.45) is 17.3. The SMILES string of the molecule is CCCCCCCCSCCCCCCCC.Cl.Cl. The lowest BCUT2D eigenvalue weighted by Gasteiger charge is -2.02. The van der Waals surface area contributed by atoms with Crippen molar-refractivity contribution in [3.05, 3.63) is 0 Å². The maximum atomic E-state index is 2.29. The summed E-state index contributed by atoms with van der Waals surface area (Å²) >= 11 is 2.18. The van der Waals surface area contributed by atoms with Crippen molar-refractivity contribution < 1.29 is 0 Å². The Morgan fingerprint density at radius 1 is 0.474 bits per heavy atom. The molecule has 0 aliphatic carbocycles. The van der Waals surface area contributed by atoms with Gasteiger partial charge in [-0.3, -0.25) is 0 Å². The summed E-state index contributed by atoms with van der Waals surface area (Å²) in [6, 6.07) is 0. The number of hydrogen-bond donors (Lipinski definition) is 0. The zero-order valence-electron chi connectivity index (χ0n) is 13.1. The molecular weight excluding hydrogens is 295 g/mol. The molecule has 0 spiro atoms. The van der Waals surface area contributed by atoms with Gasteiger partial charge in [-0.05, 0) is 24.3 Å². The second-order valence-corrected chi connectivity index (χ2v) is 6.37. The molecule has 0 aliphatic heterocycles. The fraction of sp³-hybridized carbons (Fsp3) is 1.00. The van der Waals surface area contributed by atoms with Gasteiger partial charge in [0.2, 0.25) is 0 Å². The van der Waals surface area contributed by atoms with Crippen LogP contribution in [0.2, 0.25) is 0 Å². The van der Waals surface area contributed by atoms with Crippen LogP contribution in [-0.2, 0) is 0 Å². The van der Waals surface area contributed by atoms with Gasteiger partial charge in [-0.15, -0.1) is 24.8 Å². The van der Waals surface area contributed by atoms with Crippen molar-refractivity contribution in [1.29, 1.82) is 0 Å². The molecule has 0 aromatic heterocycles. The monoisotopic (exact) mass is 330 g/mol. The van der Waals surface area contributed by atoms with Crippen molar-refractivity contribution >= 4 is 36.6 Å². The molecule has 0 bridgehead atoms. The molecule has 120 valence electrons. The minimum absolute atomic E-state index is 0. The highest BCUT2D eigenvalue weighted by molar-refractivity contribution is 7.99. The Bertz CT molecular complexity index is 118. The van der Waals surface area contributed by atoms with E-state index in [2.05, 4.69) is 25.6 Å². The van der Waals surface area contributed by atoms with E-state index >= 15 is 0 Å². The third-order valence-corrected chi connectivity index (χ3v) is 4.44. The summed E-state index contributed by atoms with van der Waals surface area (Å²) in [5.41, 5.74) is 0. The van der Waals surface area contributed by atoms with Crippen LogP contribution in [0, 0.1) is 0 Å². The quantitative estimate of drug-likeness (QED) is 0.301. The van der Waals surface area contributed by atoms with Gasteiger partial charge in [0.25, 0.3) is 0 Å². The fourth-order valence-electron chi connectivity index (χ4n) is 2.07. The van der Waals surface area contributed by atoms with E-state index in [-0.39, 0.29) is 24.8 Å². The largest absolute Gasteiger partial charge is 0.162 e. The van der Waals surface area contributed by atoms with Crippen LogP contribution in [0.25, 0.3) is 0 Å². The van der Waals surface area contributed by atoms with Crippen LogP contribution >= 0.6 is 36.6 Å². The average Bonchev–Trinajstić information content (AvgIpc) is 2.35. The Labute approximate surface area is 139 Å².